The maximum Gasteiger partial charge on any atom is 0.347 e. The third-order valence-electron chi connectivity index (χ3n) is 4.59. The molecule has 1 N–H and O–H groups in total. The number of para-hydroxylation sites is 1. The quantitative estimate of drug-likeness (QED) is 0.704. The van der Waals surface area contributed by atoms with Gasteiger partial charge in [0.2, 0.25) is 5.91 Å². The van der Waals surface area contributed by atoms with Crippen molar-refractivity contribution in [2.75, 3.05) is 5.32 Å². The van der Waals surface area contributed by atoms with E-state index < -0.39 is 0 Å². The number of hydrogen-bond acceptors (Lipinski definition) is 4. The van der Waals surface area contributed by atoms with E-state index in [4.69, 9.17) is 4.42 Å². The van der Waals surface area contributed by atoms with Crippen LogP contribution in [0.5, 0.6) is 0 Å². The highest BCUT2D eigenvalue weighted by Gasteiger charge is 2.23. The number of carbonyl (C=O) groups excluding carboxylic acids is 1. The molecule has 4 rings (SSSR count). The van der Waals surface area contributed by atoms with Crippen LogP contribution in [0.4, 0.5) is 5.00 Å². The van der Waals surface area contributed by atoms with Gasteiger partial charge in [0.05, 0.1) is 0 Å². The average molecular weight is 327 g/mol. The number of amides is 1. The molecule has 118 valence electrons. The van der Waals surface area contributed by atoms with Crippen molar-refractivity contribution >= 4 is 44.0 Å². The van der Waals surface area contributed by atoms with Gasteiger partial charge in [-0.3, -0.25) is 4.79 Å². The van der Waals surface area contributed by atoms with Crippen LogP contribution in [0.25, 0.3) is 21.7 Å². The Balaban J connectivity index is 1.75. The molecule has 0 radical (unpaired) electrons. The molecule has 1 saturated carbocycles. The summed E-state index contributed by atoms with van der Waals surface area (Å²) in [7, 11) is 0. The minimum absolute atomic E-state index is 0.0287. The van der Waals surface area contributed by atoms with Crippen LogP contribution in [0.1, 0.15) is 32.1 Å². The molecular formula is C18H17NO3S. The second-order valence-corrected chi connectivity index (χ2v) is 6.94. The fraction of sp³-hybridized carbons (Fsp3) is 0.333. The zero-order chi connectivity index (χ0) is 15.8. The zero-order valence-corrected chi connectivity index (χ0v) is 13.4. The van der Waals surface area contributed by atoms with E-state index in [2.05, 4.69) is 5.32 Å². The second-order valence-electron chi connectivity index (χ2n) is 6.06. The van der Waals surface area contributed by atoms with Gasteiger partial charge >= 0.3 is 5.63 Å². The van der Waals surface area contributed by atoms with Gasteiger partial charge in [-0.1, -0.05) is 37.5 Å². The minimum Gasteiger partial charge on any atom is -0.422 e. The summed E-state index contributed by atoms with van der Waals surface area (Å²) in [6.07, 6.45) is 5.30. The van der Waals surface area contributed by atoms with Crippen LogP contribution in [-0.4, -0.2) is 5.91 Å². The summed E-state index contributed by atoms with van der Waals surface area (Å²) in [6, 6.07) is 7.48. The molecule has 5 heteroatoms. The molecule has 1 aliphatic rings. The summed E-state index contributed by atoms with van der Waals surface area (Å²) in [5.74, 6) is 0.0920. The molecule has 23 heavy (non-hydrogen) atoms. The lowest BCUT2D eigenvalue weighted by atomic mass is 9.89. The molecule has 1 aliphatic carbocycles. The first-order valence-corrected chi connectivity index (χ1v) is 8.86. The summed E-state index contributed by atoms with van der Waals surface area (Å²) in [4.78, 5) is 24.8. The number of thiophene rings is 1. The topological polar surface area (TPSA) is 59.3 Å². The highest BCUT2D eigenvalue weighted by Crippen LogP contribution is 2.34. The van der Waals surface area contributed by atoms with Crippen LogP contribution >= 0.6 is 11.3 Å². The van der Waals surface area contributed by atoms with Crippen molar-refractivity contribution in [1.29, 1.82) is 0 Å². The molecule has 0 unspecified atom stereocenters. The van der Waals surface area contributed by atoms with Crippen LogP contribution in [0.3, 0.4) is 0 Å². The van der Waals surface area contributed by atoms with Crippen LogP contribution in [0.15, 0.2) is 38.9 Å². The Hall–Kier alpha value is -2.14. The molecule has 0 saturated heterocycles. The van der Waals surface area contributed by atoms with Gasteiger partial charge in [-0.05, 0) is 18.9 Å². The normalized spacial score (nSPS) is 16.0. The number of nitrogens with one attached hydrogen (secondary N) is 1. The Bertz CT molecular complexity index is 934. The Morgan fingerprint density at radius 1 is 1.13 bits per heavy atom. The van der Waals surface area contributed by atoms with Crippen LogP contribution in [0, 0.1) is 5.92 Å². The molecule has 0 bridgehead atoms. The van der Waals surface area contributed by atoms with Gasteiger partial charge in [0.25, 0.3) is 0 Å². The van der Waals surface area contributed by atoms with E-state index in [1.54, 1.807) is 6.07 Å². The van der Waals surface area contributed by atoms with Gasteiger partial charge in [0.15, 0.2) is 0 Å². The molecule has 2 heterocycles. The Morgan fingerprint density at radius 3 is 2.74 bits per heavy atom. The average Bonchev–Trinajstić information content (AvgIpc) is 3.00. The monoisotopic (exact) mass is 327 g/mol. The third-order valence-corrected chi connectivity index (χ3v) is 5.48. The second kappa shape index (κ2) is 5.81. The van der Waals surface area contributed by atoms with Gasteiger partial charge in [0.1, 0.15) is 16.0 Å². The number of rotatable bonds is 2. The minimum atomic E-state index is -0.390. The van der Waals surface area contributed by atoms with Crippen molar-refractivity contribution in [2.24, 2.45) is 5.92 Å². The predicted molar refractivity (Wildman–Crippen MR) is 93.1 cm³/mol. The summed E-state index contributed by atoms with van der Waals surface area (Å²) < 4.78 is 5.40. The molecule has 4 nitrogen and oxygen atoms in total. The van der Waals surface area contributed by atoms with Crippen LogP contribution in [0.2, 0.25) is 0 Å². The molecule has 0 atom stereocenters. The lowest BCUT2D eigenvalue weighted by Crippen LogP contribution is -2.24. The van der Waals surface area contributed by atoms with Gasteiger partial charge < -0.3 is 9.73 Å². The van der Waals surface area contributed by atoms with Crippen LogP contribution < -0.4 is 10.9 Å². The summed E-state index contributed by atoms with van der Waals surface area (Å²) in [5, 5.41) is 7.72. The first kappa shape index (κ1) is 14.5. The molecule has 2 aromatic heterocycles. The predicted octanol–water partition coefficient (Wildman–Crippen LogP) is 4.53. The third kappa shape index (κ3) is 2.55. The number of anilines is 1. The smallest absolute Gasteiger partial charge is 0.347 e. The van der Waals surface area contributed by atoms with Crippen molar-refractivity contribution < 1.29 is 9.21 Å². The van der Waals surface area contributed by atoms with Gasteiger partial charge in [-0.2, -0.15) is 0 Å². The molecule has 1 amide bonds. The molecule has 3 aromatic rings. The molecule has 0 aliphatic heterocycles. The van der Waals surface area contributed by atoms with Crippen LogP contribution in [-0.2, 0) is 4.79 Å². The molecular weight excluding hydrogens is 310 g/mol. The Morgan fingerprint density at radius 2 is 1.91 bits per heavy atom. The number of carbonyl (C=O) groups is 1. The van der Waals surface area contributed by atoms with Gasteiger partial charge in [-0.25, -0.2) is 4.79 Å². The maximum atomic E-state index is 12.4. The van der Waals surface area contributed by atoms with E-state index in [-0.39, 0.29) is 17.5 Å². The van der Waals surface area contributed by atoms with E-state index in [1.165, 1.54) is 17.8 Å². The molecule has 1 fully saturated rings. The lowest BCUT2D eigenvalue weighted by Gasteiger charge is -2.20. The fourth-order valence-electron chi connectivity index (χ4n) is 3.36. The Labute approximate surface area is 137 Å². The Kier molecular flexibility index (Phi) is 3.65. The van der Waals surface area contributed by atoms with E-state index >= 15 is 0 Å². The maximum absolute atomic E-state index is 12.4. The highest BCUT2D eigenvalue weighted by molar-refractivity contribution is 7.16. The van der Waals surface area contributed by atoms with E-state index in [9.17, 15) is 9.59 Å². The van der Waals surface area contributed by atoms with Gasteiger partial charge in [-0.15, -0.1) is 11.3 Å². The molecule has 1 aromatic carbocycles. The lowest BCUT2D eigenvalue weighted by molar-refractivity contribution is -0.120. The van der Waals surface area contributed by atoms with Crippen molar-refractivity contribution in [3.8, 4) is 0 Å². The van der Waals surface area contributed by atoms with Crippen molar-refractivity contribution in [3.63, 3.8) is 0 Å². The SMILES string of the molecule is O=C(Nc1scc2c1c(=O)oc1ccccc12)C1CCCCC1. The molecule has 0 spiro atoms. The van der Waals surface area contributed by atoms with E-state index in [0.29, 0.717) is 16.0 Å². The van der Waals surface area contributed by atoms with Crippen molar-refractivity contribution in [3.05, 3.63) is 40.1 Å². The first-order chi connectivity index (χ1) is 11.2. The fourth-order valence-corrected chi connectivity index (χ4v) is 4.31. The first-order valence-electron chi connectivity index (χ1n) is 7.98. The number of hydrogen-bond donors (Lipinski definition) is 1. The highest BCUT2D eigenvalue weighted by atomic mass is 32.1. The van der Waals surface area contributed by atoms with E-state index in [1.807, 2.05) is 23.6 Å². The number of fused-ring (bicyclic) bond motifs is 3. The summed E-state index contributed by atoms with van der Waals surface area (Å²) >= 11 is 1.39. The summed E-state index contributed by atoms with van der Waals surface area (Å²) in [6.45, 7) is 0. The van der Waals surface area contributed by atoms with E-state index in [0.717, 1.165) is 36.5 Å². The summed E-state index contributed by atoms with van der Waals surface area (Å²) in [5.41, 5.74) is 0.187. The number of benzene rings is 1. The van der Waals surface area contributed by atoms with Crippen molar-refractivity contribution in [2.45, 2.75) is 32.1 Å². The zero-order valence-electron chi connectivity index (χ0n) is 12.6. The van der Waals surface area contributed by atoms with Gasteiger partial charge in [0, 0.05) is 22.1 Å². The van der Waals surface area contributed by atoms with Crippen molar-refractivity contribution in [1.82, 2.24) is 0 Å². The standard InChI is InChI=1S/C18H17NO3S/c20-16(11-6-2-1-3-7-11)19-17-15-13(10-23-17)12-8-4-5-9-14(12)22-18(15)21/h4-5,8-11H,1-3,6-7H2,(H,19,20). The largest absolute Gasteiger partial charge is 0.422 e.